The Balaban J connectivity index is 1.60. The molecule has 2 aromatic carbocycles. The summed E-state index contributed by atoms with van der Waals surface area (Å²) in [5.74, 6) is -5.21. The van der Waals surface area contributed by atoms with Crippen LogP contribution < -0.4 is 15.1 Å². The van der Waals surface area contributed by atoms with Crippen LogP contribution in [0.5, 0.6) is 0 Å². The van der Waals surface area contributed by atoms with Gasteiger partial charge < -0.3 is 5.32 Å². The van der Waals surface area contributed by atoms with Crippen LogP contribution in [-0.4, -0.2) is 45.7 Å². The summed E-state index contributed by atoms with van der Waals surface area (Å²) >= 11 is 2.03. The molecular formula is C28H25F3IN5O3. The van der Waals surface area contributed by atoms with Crippen molar-refractivity contribution in [3.8, 4) is 0 Å². The van der Waals surface area contributed by atoms with E-state index in [0.717, 1.165) is 11.0 Å². The monoisotopic (exact) mass is 663 g/mol. The number of carbonyl (C=O) groups excluding carboxylic acids is 3. The highest BCUT2D eigenvalue weighted by atomic mass is 127. The average Bonchev–Trinajstić information content (AvgIpc) is 3.48. The van der Waals surface area contributed by atoms with Gasteiger partial charge in [-0.2, -0.15) is 0 Å². The van der Waals surface area contributed by atoms with Gasteiger partial charge in [0.25, 0.3) is 5.91 Å². The molecule has 1 aliphatic heterocycles. The number of rotatable bonds is 7. The van der Waals surface area contributed by atoms with Gasteiger partial charge in [0.1, 0.15) is 17.9 Å². The van der Waals surface area contributed by atoms with Gasteiger partial charge in [0, 0.05) is 47.0 Å². The van der Waals surface area contributed by atoms with E-state index in [2.05, 4.69) is 15.3 Å². The maximum Gasteiger partial charge on any atom is 0.251 e. The molecule has 3 aromatic rings. The zero-order valence-electron chi connectivity index (χ0n) is 21.1. The Bertz CT molecular complexity index is 1430. The molecule has 1 saturated carbocycles. The molecule has 2 heterocycles. The third-order valence-electron chi connectivity index (χ3n) is 7.04. The second kappa shape index (κ2) is 11.5. The van der Waals surface area contributed by atoms with Gasteiger partial charge in [-0.1, -0.05) is 24.3 Å². The van der Waals surface area contributed by atoms with Crippen molar-refractivity contribution in [1.82, 2.24) is 15.3 Å². The van der Waals surface area contributed by atoms with Crippen molar-refractivity contribution in [2.45, 2.75) is 56.2 Å². The molecule has 1 aliphatic carbocycles. The van der Waals surface area contributed by atoms with E-state index < -0.39 is 48.1 Å². The average molecular weight is 663 g/mol. The second-order valence-electron chi connectivity index (χ2n) is 9.78. The van der Waals surface area contributed by atoms with Gasteiger partial charge in [-0.15, -0.1) is 0 Å². The summed E-state index contributed by atoms with van der Waals surface area (Å²) in [5.41, 5.74) is 0.504. The number of halogens is 4. The van der Waals surface area contributed by atoms with Gasteiger partial charge in [-0.25, -0.2) is 23.1 Å². The highest BCUT2D eigenvalue weighted by Crippen LogP contribution is 2.37. The second-order valence-corrected chi connectivity index (χ2v) is 10.9. The molecule has 2 fully saturated rings. The largest absolute Gasteiger partial charge is 0.351 e. The molecule has 2 aliphatic rings. The van der Waals surface area contributed by atoms with Crippen molar-refractivity contribution in [2.24, 2.45) is 0 Å². The Kier molecular flexibility index (Phi) is 8.06. The summed E-state index contributed by atoms with van der Waals surface area (Å²) in [6.45, 7) is 0. The molecule has 0 radical (unpaired) electrons. The fourth-order valence-corrected chi connectivity index (χ4v) is 5.90. The lowest BCUT2D eigenvalue weighted by molar-refractivity contribution is -0.127. The number of hydrogen-bond acceptors (Lipinski definition) is 5. The topological polar surface area (TPSA) is 95.5 Å². The van der Waals surface area contributed by atoms with E-state index in [0.29, 0.717) is 9.13 Å². The standard InChI is InChI=1S/C28H25F3IN5O3/c29-17-5-3-6-19(15-17)36(26(40)22-9-10-23(38)37(22)27-33-13-4-14-34-27)24(20-7-1-2-8-21(20)32)25(39)35-18-11-12-28(30,31)16-18/h1-8,13-15,18,22,24H,9-12,16H2,(H,35,39)/t18?,22-,24?/m0/s1. The lowest BCUT2D eigenvalue weighted by Crippen LogP contribution is -2.53. The fourth-order valence-electron chi connectivity index (χ4n) is 5.22. The fraction of sp³-hybridized carbons (Fsp3) is 0.321. The summed E-state index contributed by atoms with van der Waals surface area (Å²) in [6.07, 6.45) is 2.27. The first kappa shape index (κ1) is 28.0. The molecule has 208 valence electrons. The van der Waals surface area contributed by atoms with Crippen LogP contribution in [0.1, 0.15) is 43.7 Å². The van der Waals surface area contributed by atoms with E-state index in [1.54, 1.807) is 30.3 Å². The number of nitrogens with zero attached hydrogens (tertiary/aromatic N) is 4. The van der Waals surface area contributed by atoms with Crippen LogP contribution in [0.4, 0.5) is 24.8 Å². The number of alkyl halides is 2. The number of nitrogens with one attached hydrogen (secondary N) is 1. The molecule has 1 aromatic heterocycles. The summed E-state index contributed by atoms with van der Waals surface area (Å²) < 4.78 is 43.1. The predicted molar refractivity (Wildman–Crippen MR) is 149 cm³/mol. The van der Waals surface area contributed by atoms with Crippen LogP contribution in [-0.2, 0) is 14.4 Å². The molecule has 1 saturated heterocycles. The minimum Gasteiger partial charge on any atom is -0.351 e. The van der Waals surface area contributed by atoms with E-state index in [9.17, 15) is 27.6 Å². The smallest absolute Gasteiger partial charge is 0.251 e. The molecular weight excluding hydrogens is 638 g/mol. The van der Waals surface area contributed by atoms with Crippen LogP contribution in [0.15, 0.2) is 67.0 Å². The Morgan fingerprint density at radius 1 is 1.07 bits per heavy atom. The van der Waals surface area contributed by atoms with Crippen molar-refractivity contribution in [1.29, 1.82) is 0 Å². The Morgan fingerprint density at radius 3 is 2.50 bits per heavy atom. The maximum atomic E-state index is 14.5. The zero-order valence-corrected chi connectivity index (χ0v) is 23.3. The molecule has 1 N–H and O–H groups in total. The van der Waals surface area contributed by atoms with E-state index in [1.807, 2.05) is 22.6 Å². The Hall–Kier alpha value is -3.55. The third-order valence-corrected chi connectivity index (χ3v) is 8.03. The van der Waals surface area contributed by atoms with Crippen molar-refractivity contribution < 1.29 is 27.6 Å². The maximum absolute atomic E-state index is 14.5. The minimum absolute atomic E-state index is 0.0334. The van der Waals surface area contributed by atoms with Crippen molar-refractivity contribution >= 4 is 51.9 Å². The van der Waals surface area contributed by atoms with Gasteiger partial charge in [0.2, 0.25) is 23.7 Å². The summed E-state index contributed by atoms with van der Waals surface area (Å²) in [7, 11) is 0. The molecule has 5 rings (SSSR count). The van der Waals surface area contributed by atoms with E-state index in [-0.39, 0.29) is 43.2 Å². The van der Waals surface area contributed by atoms with Crippen molar-refractivity contribution in [3.05, 3.63) is 81.9 Å². The zero-order chi connectivity index (χ0) is 28.4. The molecule has 0 spiro atoms. The normalized spacial score (nSPS) is 20.8. The van der Waals surface area contributed by atoms with Crippen LogP contribution >= 0.6 is 22.6 Å². The van der Waals surface area contributed by atoms with Crippen LogP contribution in [0.3, 0.4) is 0 Å². The van der Waals surface area contributed by atoms with Crippen LogP contribution in [0, 0.1) is 9.39 Å². The van der Waals surface area contributed by atoms with Gasteiger partial charge in [-0.05, 0) is 71.3 Å². The van der Waals surface area contributed by atoms with E-state index in [1.165, 1.54) is 35.5 Å². The predicted octanol–water partition coefficient (Wildman–Crippen LogP) is 4.79. The van der Waals surface area contributed by atoms with Gasteiger partial charge in [0.15, 0.2) is 0 Å². The Morgan fingerprint density at radius 2 is 1.82 bits per heavy atom. The van der Waals surface area contributed by atoms with E-state index in [4.69, 9.17) is 0 Å². The molecule has 2 unspecified atom stereocenters. The van der Waals surface area contributed by atoms with Crippen molar-refractivity contribution in [2.75, 3.05) is 9.80 Å². The van der Waals surface area contributed by atoms with E-state index >= 15 is 0 Å². The lowest BCUT2D eigenvalue weighted by atomic mass is 10.0. The molecule has 3 atom stereocenters. The first-order chi connectivity index (χ1) is 19.1. The third kappa shape index (κ3) is 5.81. The SMILES string of the molecule is O=C(NC1CCC(F)(F)C1)C(c1ccccc1I)N(C(=O)[C@@H]1CCC(=O)N1c1ncccn1)c1cccc(F)c1. The van der Waals surface area contributed by atoms with Crippen molar-refractivity contribution in [3.63, 3.8) is 0 Å². The lowest BCUT2D eigenvalue weighted by Gasteiger charge is -2.35. The first-order valence-corrected chi connectivity index (χ1v) is 13.8. The molecule has 3 amide bonds. The van der Waals surface area contributed by atoms with Gasteiger partial charge in [0.05, 0.1) is 0 Å². The summed E-state index contributed by atoms with van der Waals surface area (Å²) in [4.78, 5) is 51.9. The summed E-state index contributed by atoms with van der Waals surface area (Å²) in [5, 5.41) is 2.71. The minimum atomic E-state index is -2.90. The summed E-state index contributed by atoms with van der Waals surface area (Å²) in [6, 6.07) is 10.4. The Labute approximate surface area is 242 Å². The molecule has 8 nitrogen and oxygen atoms in total. The number of anilines is 2. The van der Waals surface area contributed by atoms with Crippen LogP contribution in [0.2, 0.25) is 0 Å². The number of hydrogen-bond donors (Lipinski definition) is 1. The number of aromatic nitrogens is 2. The van der Waals surface area contributed by atoms with Gasteiger partial charge >= 0.3 is 0 Å². The highest BCUT2D eigenvalue weighted by Gasteiger charge is 2.46. The number of benzene rings is 2. The number of carbonyl (C=O) groups is 3. The molecule has 40 heavy (non-hydrogen) atoms. The number of amides is 3. The van der Waals surface area contributed by atoms with Gasteiger partial charge in [-0.3, -0.25) is 24.2 Å². The molecule has 12 heteroatoms. The quantitative estimate of drug-likeness (QED) is 0.367. The molecule has 0 bridgehead atoms. The van der Waals surface area contributed by atoms with Crippen LogP contribution in [0.25, 0.3) is 0 Å². The first-order valence-electron chi connectivity index (χ1n) is 12.7. The highest BCUT2D eigenvalue weighted by molar-refractivity contribution is 14.1.